The van der Waals surface area contributed by atoms with E-state index in [1.165, 1.54) is 0 Å². The average molecular weight is 277 g/mol. The Kier molecular flexibility index (Phi) is 5.46. The summed E-state index contributed by atoms with van der Waals surface area (Å²) in [7, 11) is 1.65. The molecule has 108 valence electrons. The molecule has 5 nitrogen and oxygen atoms in total. The van der Waals surface area contributed by atoms with Crippen LogP contribution in [0.5, 0.6) is 5.75 Å². The maximum atomic E-state index is 8.92. The van der Waals surface area contributed by atoms with Crippen LogP contribution in [-0.2, 0) is 17.9 Å². The lowest BCUT2D eigenvalue weighted by Crippen LogP contribution is -2.04. The fraction of sp³-hybridized carbons (Fsp3) is 0.333. The topological polar surface area (TPSA) is 63.9 Å². The second-order valence-electron chi connectivity index (χ2n) is 4.25. The van der Waals surface area contributed by atoms with Crippen LogP contribution in [0.25, 0.3) is 0 Å². The number of hydrogen-bond acceptors (Lipinski definition) is 5. The molecule has 1 aromatic carbocycles. The van der Waals surface area contributed by atoms with Crippen LogP contribution in [-0.4, -0.2) is 25.4 Å². The number of anilines is 1. The summed E-state index contributed by atoms with van der Waals surface area (Å²) in [5.41, 5.74) is 0.978. The highest BCUT2D eigenvalue weighted by molar-refractivity contribution is 5.46. The van der Waals surface area contributed by atoms with Gasteiger partial charge >= 0.3 is 0 Å². The van der Waals surface area contributed by atoms with Crippen LogP contribution in [0.15, 0.2) is 40.8 Å². The Labute approximate surface area is 118 Å². The second-order valence-corrected chi connectivity index (χ2v) is 4.25. The van der Waals surface area contributed by atoms with Crippen LogP contribution in [0.4, 0.5) is 5.69 Å². The SMILES string of the molecule is COCCOc1ccc(NCc2ccc(CO)o2)cc1. The number of aliphatic hydroxyl groups is 1. The number of benzene rings is 1. The molecule has 5 heteroatoms. The predicted molar refractivity (Wildman–Crippen MR) is 75.8 cm³/mol. The Morgan fingerprint density at radius 1 is 1.05 bits per heavy atom. The largest absolute Gasteiger partial charge is 0.491 e. The van der Waals surface area contributed by atoms with E-state index in [0.29, 0.717) is 25.5 Å². The second kappa shape index (κ2) is 7.57. The first kappa shape index (κ1) is 14.4. The van der Waals surface area contributed by atoms with Gasteiger partial charge in [0.1, 0.15) is 30.5 Å². The van der Waals surface area contributed by atoms with Crippen LogP contribution in [0, 0.1) is 0 Å². The Morgan fingerprint density at radius 3 is 2.45 bits per heavy atom. The van der Waals surface area contributed by atoms with Gasteiger partial charge in [0.2, 0.25) is 0 Å². The molecule has 0 aliphatic rings. The minimum Gasteiger partial charge on any atom is -0.491 e. The molecule has 2 N–H and O–H groups in total. The molecular weight excluding hydrogens is 258 g/mol. The summed E-state index contributed by atoms with van der Waals surface area (Å²) in [6.07, 6.45) is 0. The highest BCUT2D eigenvalue weighted by Crippen LogP contribution is 2.17. The van der Waals surface area contributed by atoms with Gasteiger partial charge in [-0.15, -0.1) is 0 Å². The summed E-state index contributed by atoms with van der Waals surface area (Å²) in [6.45, 7) is 1.61. The summed E-state index contributed by atoms with van der Waals surface area (Å²) in [5.74, 6) is 2.17. The summed E-state index contributed by atoms with van der Waals surface area (Å²) in [5, 5.41) is 12.2. The van der Waals surface area contributed by atoms with E-state index in [4.69, 9.17) is 19.0 Å². The third-order valence-electron chi connectivity index (χ3n) is 2.75. The lowest BCUT2D eigenvalue weighted by molar-refractivity contribution is 0.146. The van der Waals surface area contributed by atoms with E-state index < -0.39 is 0 Å². The normalized spacial score (nSPS) is 10.5. The third kappa shape index (κ3) is 4.29. The summed E-state index contributed by atoms with van der Waals surface area (Å²) >= 11 is 0. The van der Waals surface area contributed by atoms with Crippen LogP contribution in [0.2, 0.25) is 0 Å². The highest BCUT2D eigenvalue weighted by atomic mass is 16.5. The molecule has 1 aromatic heterocycles. The number of hydrogen-bond donors (Lipinski definition) is 2. The van der Waals surface area contributed by atoms with Crippen molar-refractivity contribution in [2.75, 3.05) is 25.6 Å². The smallest absolute Gasteiger partial charge is 0.129 e. The summed E-state index contributed by atoms with van der Waals surface area (Å²) in [6, 6.07) is 11.3. The molecule has 0 aliphatic heterocycles. The quantitative estimate of drug-likeness (QED) is 0.725. The number of methoxy groups -OCH3 is 1. The van der Waals surface area contributed by atoms with Crippen molar-refractivity contribution in [2.24, 2.45) is 0 Å². The number of furan rings is 1. The van der Waals surface area contributed by atoms with Crippen molar-refractivity contribution >= 4 is 5.69 Å². The zero-order chi connectivity index (χ0) is 14.2. The van der Waals surface area contributed by atoms with Crippen molar-refractivity contribution < 1.29 is 19.0 Å². The zero-order valence-corrected chi connectivity index (χ0v) is 11.5. The Balaban J connectivity index is 1.81. The molecule has 0 bridgehead atoms. The first-order valence-electron chi connectivity index (χ1n) is 6.46. The molecule has 0 atom stereocenters. The Bertz CT molecular complexity index is 507. The molecule has 0 saturated heterocycles. The highest BCUT2D eigenvalue weighted by Gasteiger charge is 2.01. The van der Waals surface area contributed by atoms with Crippen molar-refractivity contribution in [2.45, 2.75) is 13.2 Å². The van der Waals surface area contributed by atoms with Crippen molar-refractivity contribution in [3.05, 3.63) is 47.9 Å². The standard InChI is InChI=1S/C15H19NO4/c1-18-8-9-19-13-4-2-12(3-5-13)16-10-14-6-7-15(11-17)20-14/h2-7,16-17H,8-11H2,1H3. The van der Waals surface area contributed by atoms with E-state index in [0.717, 1.165) is 17.2 Å². The first-order valence-corrected chi connectivity index (χ1v) is 6.46. The van der Waals surface area contributed by atoms with E-state index in [1.54, 1.807) is 13.2 Å². The van der Waals surface area contributed by atoms with Gasteiger partial charge in [0.05, 0.1) is 13.2 Å². The molecule has 0 fully saturated rings. The number of aliphatic hydroxyl groups excluding tert-OH is 1. The summed E-state index contributed by atoms with van der Waals surface area (Å²) in [4.78, 5) is 0. The van der Waals surface area contributed by atoms with Gasteiger partial charge in [-0.2, -0.15) is 0 Å². The fourth-order valence-electron chi connectivity index (χ4n) is 1.70. The zero-order valence-electron chi connectivity index (χ0n) is 11.5. The van der Waals surface area contributed by atoms with Gasteiger partial charge in [-0.25, -0.2) is 0 Å². The van der Waals surface area contributed by atoms with Gasteiger partial charge in [-0.3, -0.25) is 0 Å². The van der Waals surface area contributed by atoms with Gasteiger partial charge in [-0.1, -0.05) is 0 Å². The lowest BCUT2D eigenvalue weighted by atomic mass is 10.3. The molecule has 0 spiro atoms. The molecule has 0 saturated carbocycles. The predicted octanol–water partition coefficient (Wildman–Crippen LogP) is 2.41. The van der Waals surface area contributed by atoms with Gasteiger partial charge in [0.15, 0.2) is 0 Å². The molecule has 1 heterocycles. The van der Waals surface area contributed by atoms with Crippen molar-refractivity contribution in [3.8, 4) is 5.75 Å². The minimum atomic E-state index is -0.0759. The fourth-order valence-corrected chi connectivity index (χ4v) is 1.70. The molecule has 0 aliphatic carbocycles. The molecule has 0 radical (unpaired) electrons. The maximum absolute atomic E-state index is 8.92. The lowest BCUT2D eigenvalue weighted by Gasteiger charge is -2.08. The molecule has 20 heavy (non-hydrogen) atoms. The Morgan fingerprint density at radius 2 is 1.80 bits per heavy atom. The third-order valence-corrected chi connectivity index (χ3v) is 2.75. The van der Waals surface area contributed by atoms with Gasteiger partial charge in [0, 0.05) is 12.8 Å². The van der Waals surface area contributed by atoms with Crippen LogP contribution >= 0.6 is 0 Å². The minimum absolute atomic E-state index is 0.0759. The summed E-state index contributed by atoms with van der Waals surface area (Å²) < 4.78 is 15.8. The van der Waals surface area contributed by atoms with Crippen molar-refractivity contribution in [3.63, 3.8) is 0 Å². The average Bonchev–Trinajstić information content (AvgIpc) is 2.95. The molecule has 0 unspecified atom stereocenters. The number of nitrogens with one attached hydrogen (secondary N) is 1. The van der Waals surface area contributed by atoms with E-state index in [9.17, 15) is 0 Å². The van der Waals surface area contributed by atoms with E-state index in [-0.39, 0.29) is 6.61 Å². The molecule has 2 aromatic rings. The van der Waals surface area contributed by atoms with Crippen LogP contribution in [0.3, 0.4) is 0 Å². The van der Waals surface area contributed by atoms with Crippen LogP contribution < -0.4 is 10.1 Å². The molecule has 0 amide bonds. The van der Waals surface area contributed by atoms with Gasteiger partial charge in [-0.05, 0) is 36.4 Å². The van der Waals surface area contributed by atoms with Crippen molar-refractivity contribution in [1.82, 2.24) is 0 Å². The number of ether oxygens (including phenoxy) is 2. The van der Waals surface area contributed by atoms with Gasteiger partial charge in [0.25, 0.3) is 0 Å². The molecule has 2 rings (SSSR count). The van der Waals surface area contributed by atoms with Gasteiger partial charge < -0.3 is 24.3 Å². The van der Waals surface area contributed by atoms with Crippen LogP contribution in [0.1, 0.15) is 11.5 Å². The van der Waals surface area contributed by atoms with E-state index >= 15 is 0 Å². The monoisotopic (exact) mass is 277 g/mol. The number of rotatable bonds is 8. The first-order chi connectivity index (χ1) is 9.81. The van der Waals surface area contributed by atoms with E-state index in [2.05, 4.69) is 5.32 Å². The van der Waals surface area contributed by atoms with E-state index in [1.807, 2.05) is 30.3 Å². The maximum Gasteiger partial charge on any atom is 0.129 e. The van der Waals surface area contributed by atoms with Crippen molar-refractivity contribution in [1.29, 1.82) is 0 Å². The Hall–Kier alpha value is -1.98. The molecular formula is C15H19NO4.